The Morgan fingerprint density at radius 2 is 2.03 bits per heavy atom. The minimum Gasteiger partial charge on any atom is -0.492 e. The van der Waals surface area contributed by atoms with Gasteiger partial charge in [0.1, 0.15) is 18.1 Å². The van der Waals surface area contributed by atoms with Gasteiger partial charge in [0, 0.05) is 43.3 Å². The van der Waals surface area contributed by atoms with Crippen molar-refractivity contribution in [3.05, 3.63) is 65.2 Å². The minimum absolute atomic E-state index is 0.00579. The van der Waals surface area contributed by atoms with Crippen molar-refractivity contribution in [2.24, 2.45) is 5.73 Å². The van der Waals surface area contributed by atoms with E-state index in [-0.39, 0.29) is 11.3 Å². The van der Waals surface area contributed by atoms with Crippen molar-refractivity contribution in [2.45, 2.75) is 31.7 Å². The van der Waals surface area contributed by atoms with Crippen LogP contribution in [0.2, 0.25) is 0 Å². The number of hydrogen-bond donors (Lipinski definition) is 1. The second kappa shape index (κ2) is 10.2. The third-order valence-electron chi connectivity index (χ3n) is 6.36. The Labute approximate surface area is 189 Å². The summed E-state index contributed by atoms with van der Waals surface area (Å²) in [6.07, 6.45) is 5.31. The Hall–Kier alpha value is -2.83. The summed E-state index contributed by atoms with van der Waals surface area (Å²) in [5.74, 6) is 1.78. The van der Waals surface area contributed by atoms with Crippen LogP contribution in [0.15, 0.2) is 48.5 Å². The molecule has 2 aliphatic rings. The molecule has 0 bridgehead atoms. The highest BCUT2D eigenvalue weighted by atomic mass is 16.5. The number of piperidine rings is 1. The van der Waals surface area contributed by atoms with Crippen LogP contribution in [-0.4, -0.2) is 50.3 Å². The van der Waals surface area contributed by atoms with E-state index in [9.17, 15) is 4.79 Å². The zero-order valence-electron chi connectivity index (χ0n) is 18.7. The van der Waals surface area contributed by atoms with Gasteiger partial charge in [0.15, 0.2) is 0 Å². The van der Waals surface area contributed by atoms with Crippen LogP contribution >= 0.6 is 0 Å². The van der Waals surface area contributed by atoms with E-state index < -0.39 is 0 Å². The Bertz CT molecular complexity index is 964. The first-order chi connectivity index (χ1) is 15.6. The molecular weight excluding hydrogens is 404 g/mol. The van der Waals surface area contributed by atoms with Crippen LogP contribution < -0.4 is 15.2 Å². The van der Waals surface area contributed by atoms with E-state index in [4.69, 9.17) is 19.9 Å². The number of nitrogens with zero attached hydrogens (tertiary/aromatic N) is 1. The molecule has 0 saturated carbocycles. The summed E-state index contributed by atoms with van der Waals surface area (Å²) >= 11 is 0. The highest BCUT2D eigenvalue weighted by Gasteiger charge is 2.43. The van der Waals surface area contributed by atoms with Gasteiger partial charge in [-0.1, -0.05) is 24.3 Å². The molecule has 1 fully saturated rings. The lowest BCUT2D eigenvalue weighted by atomic mass is 9.74. The van der Waals surface area contributed by atoms with Crippen molar-refractivity contribution in [1.82, 2.24) is 4.90 Å². The normalized spacial score (nSPS) is 16.9. The smallest absolute Gasteiger partial charge is 0.246 e. The van der Waals surface area contributed by atoms with E-state index in [0.717, 1.165) is 48.6 Å². The lowest BCUT2D eigenvalue weighted by Crippen LogP contribution is -2.45. The van der Waals surface area contributed by atoms with Gasteiger partial charge < -0.3 is 24.8 Å². The first-order valence-corrected chi connectivity index (χ1v) is 11.4. The molecule has 32 heavy (non-hydrogen) atoms. The summed E-state index contributed by atoms with van der Waals surface area (Å²) in [5.41, 5.74) is 9.15. The Kier molecular flexibility index (Phi) is 7.12. The number of carbonyl (C=O) groups is 1. The maximum absolute atomic E-state index is 12.8. The molecule has 2 heterocycles. The van der Waals surface area contributed by atoms with Crippen LogP contribution in [0, 0.1) is 0 Å². The third-order valence-corrected chi connectivity index (χ3v) is 6.36. The van der Waals surface area contributed by atoms with Crippen LogP contribution in [0.25, 0.3) is 6.08 Å². The predicted molar refractivity (Wildman–Crippen MR) is 125 cm³/mol. The molecule has 0 atom stereocenters. The van der Waals surface area contributed by atoms with Gasteiger partial charge in [0.05, 0.1) is 13.2 Å². The molecule has 2 aliphatic heterocycles. The maximum Gasteiger partial charge on any atom is 0.246 e. The number of benzene rings is 2. The zero-order valence-corrected chi connectivity index (χ0v) is 18.7. The maximum atomic E-state index is 12.8. The lowest BCUT2D eigenvalue weighted by molar-refractivity contribution is -0.127. The number of likely N-dealkylation sites (tertiary alicyclic amines) is 1. The second-order valence-electron chi connectivity index (χ2n) is 8.38. The summed E-state index contributed by atoms with van der Waals surface area (Å²) < 4.78 is 17.0. The molecule has 1 amide bonds. The van der Waals surface area contributed by atoms with Crippen LogP contribution in [0.5, 0.6) is 11.5 Å². The van der Waals surface area contributed by atoms with Crippen LogP contribution in [-0.2, 0) is 21.5 Å². The topological polar surface area (TPSA) is 74.0 Å². The SMILES string of the molecule is CCOCCOc1cccc(C=CC(=O)N2CCC3(CC2)COc2ccc(CN)cc23)c1. The Balaban J connectivity index is 1.34. The van der Waals surface area contributed by atoms with E-state index >= 15 is 0 Å². The van der Waals surface area contributed by atoms with Crippen LogP contribution in [0.3, 0.4) is 0 Å². The zero-order chi connectivity index (χ0) is 22.4. The Morgan fingerprint density at radius 1 is 1.19 bits per heavy atom. The van der Waals surface area contributed by atoms with Crippen LogP contribution in [0.1, 0.15) is 36.5 Å². The summed E-state index contributed by atoms with van der Waals surface area (Å²) in [6, 6.07) is 14.0. The second-order valence-corrected chi connectivity index (χ2v) is 8.38. The molecule has 0 aliphatic carbocycles. The molecule has 1 spiro atoms. The molecule has 170 valence electrons. The van der Waals surface area contributed by atoms with Gasteiger partial charge in [0.2, 0.25) is 5.91 Å². The molecule has 2 aromatic carbocycles. The number of hydrogen-bond acceptors (Lipinski definition) is 5. The van der Waals surface area contributed by atoms with Crippen molar-refractivity contribution in [3.63, 3.8) is 0 Å². The fraction of sp³-hybridized carbons (Fsp3) is 0.423. The number of ether oxygens (including phenoxy) is 3. The fourth-order valence-electron chi connectivity index (χ4n) is 4.45. The third kappa shape index (κ3) is 4.97. The number of carbonyl (C=O) groups excluding carboxylic acids is 1. The number of fused-ring (bicyclic) bond motifs is 2. The fourth-order valence-corrected chi connectivity index (χ4v) is 4.45. The first-order valence-electron chi connectivity index (χ1n) is 11.4. The average molecular weight is 437 g/mol. The van der Waals surface area contributed by atoms with Crippen molar-refractivity contribution in [3.8, 4) is 11.5 Å². The quantitative estimate of drug-likeness (QED) is 0.506. The molecule has 1 saturated heterocycles. The van der Waals surface area contributed by atoms with E-state index in [1.165, 1.54) is 5.56 Å². The lowest BCUT2D eigenvalue weighted by Gasteiger charge is -2.38. The standard InChI is InChI=1S/C26H32N2O4/c1-2-30-14-15-31-22-5-3-4-20(16-22)7-9-25(29)28-12-10-26(11-13-28)19-32-24-8-6-21(18-27)17-23(24)26/h3-9,16-17H,2,10-15,18-19,27H2,1H3. The molecule has 0 aromatic heterocycles. The monoisotopic (exact) mass is 436 g/mol. The molecule has 2 aromatic rings. The van der Waals surface area contributed by atoms with Gasteiger partial charge >= 0.3 is 0 Å². The number of rotatable bonds is 8. The van der Waals surface area contributed by atoms with Gasteiger partial charge in [-0.05, 0) is 55.2 Å². The van der Waals surface area contributed by atoms with E-state index in [1.54, 1.807) is 6.08 Å². The minimum atomic E-state index is -0.00579. The molecular formula is C26H32N2O4. The van der Waals surface area contributed by atoms with Crippen molar-refractivity contribution >= 4 is 12.0 Å². The summed E-state index contributed by atoms with van der Waals surface area (Å²) in [4.78, 5) is 14.7. The van der Waals surface area contributed by atoms with Gasteiger partial charge in [-0.2, -0.15) is 0 Å². The number of nitrogens with two attached hydrogens (primary N) is 1. The molecule has 2 N–H and O–H groups in total. The largest absolute Gasteiger partial charge is 0.492 e. The van der Waals surface area contributed by atoms with E-state index in [1.807, 2.05) is 54.3 Å². The summed E-state index contributed by atoms with van der Waals surface area (Å²) in [7, 11) is 0. The Morgan fingerprint density at radius 3 is 2.81 bits per heavy atom. The average Bonchev–Trinajstić information content (AvgIpc) is 3.18. The highest BCUT2D eigenvalue weighted by molar-refractivity contribution is 5.92. The van der Waals surface area contributed by atoms with Gasteiger partial charge in [0.25, 0.3) is 0 Å². The van der Waals surface area contributed by atoms with Crippen molar-refractivity contribution < 1.29 is 19.0 Å². The molecule has 6 nitrogen and oxygen atoms in total. The highest BCUT2D eigenvalue weighted by Crippen LogP contribution is 2.45. The first kappa shape index (κ1) is 22.4. The molecule has 0 unspecified atom stereocenters. The van der Waals surface area contributed by atoms with Gasteiger partial charge in [-0.25, -0.2) is 0 Å². The van der Waals surface area contributed by atoms with E-state index in [2.05, 4.69) is 6.07 Å². The summed E-state index contributed by atoms with van der Waals surface area (Å²) in [5, 5.41) is 0. The van der Waals surface area contributed by atoms with Crippen LogP contribution in [0.4, 0.5) is 0 Å². The van der Waals surface area contributed by atoms with Crippen molar-refractivity contribution in [2.75, 3.05) is 39.5 Å². The molecule has 6 heteroatoms. The summed E-state index contributed by atoms with van der Waals surface area (Å²) in [6.45, 7) is 6.37. The van der Waals surface area contributed by atoms with E-state index in [0.29, 0.717) is 33.0 Å². The molecule has 4 rings (SSSR count). The van der Waals surface area contributed by atoms with Gasteiger partial charge in [-0.3, -0.25) is 4.79 Å². The van der Waals surface area contributed by atoms with Crippen molar-refractivity contribution in [1.29, 1.82) is 0 Å². The van der Waals surface area contributed by atoms with Gasteiger partial charge in [-0.15, -0.1) is 0 Å². The number of amides is 1. The molecule has 0 radical (unpaired) electrons. The predicted octanol–water partition coefficient (Wildman–Crippen LogP) is 3.53.